The first kappa shape index (κ1) is 18.4. The van der Waals surface area contributed by atoms with Crippen molar-refractivity contribution in [2.75, 3.05) is 21.3 Å². The van der Waals surface area contributed by atoms with E-state index in [0.29, 0.717) is 27.8 Å². The molecule has 2 rings (SSSR count). The molecule has 0 aliphatic rings. The molecule has 0 heterocycles. The molecule has 7 nitrogen and oxygen atoms in total. The molecule has 0 unspecified atom stereocenters. The van der Waals surface area contributed by atoms with Gasteiger partial charge in [-0.3, -0.25) is 20.4 Å². The number of methoxy groups -OCH3 is 3. The monoisotopic (exact) mass is 364 g/mol. The number of benzene rings is 2. The third kappa shape index (κ3) is 4.33. The van der Waals surface area contributed by atoms with Crippen molar-refractivity contribution in [3.8, 4) is 17.2 Å². The van der Waals surface area contributed by atoms with Gasteiger partial charge < -0.3 is 14.2 Å². The summed E-state index contributed by atoms with van der Waals surface area (Å²) in [4.78, 5) is 24.3. The zero-order valence-corrected chi connectivity index (χ0v) is 14.6. The molecule has 0 spiro atoms. The molecule has 2 amide bonds. The average Bonchev–Trinajstić information content (AvgIpc) is 2.64. The Morgan fingerprint density at radius 2 is 1.28 bits per heavy atom. The SMILES string of the molecule is COc1cc(C(=O)NNC(=O)c2ccc(Cl)cc2)cc(OC)c1OC. The molecule has 0 saturated carbocycles. The third-order valence-corrected chi connectivity index (χ3v) is 3.57. The van der Waals surface area contributed by atoms with Crippen molar-refractivity contribution in [1.82, 2.24) is 10.9 Å². The normalized spacial score (nSPS) is 9.92. The van der Waals surface area contributed by atoms with Crippen LogP contribution in [0.2, 0.25) is 5.02 Å². The van der Waals surface area contributed by atoms with E-state index in [1.165, 1.54) is 33.5 Å². The summed E-state index contributed by atoms with van der Waals surface area (Å²) in [6, 6.07) is 9.21. The van der Waals surface area contributed by atoms with Gasteiger partial charge in [0.15, 0.2) is 11.5 Å². The maximum absolute atomic E-state index is 12.3. The van der Waals surface area contributed by atoms with Gasteiger partial charge in [0, 0.05) is 16.1 Å². The fraction of sp³-hybridized carbons (Fsp3) is 0.176. The van der Waals surface area contributed by atoms with E-state index >= 15 is 0 Å². The molecule has 132 valence electrons. The largest absolute Gasteiger partial charge is 0.493 e. The summed E-state index contributed by atoms with van der Waals surface area (Å²) in [6.07, 6.45) is 0. The Bertz CT molecular complexity index is 752. The van der Waals surface area contributed by atoms with Gasteiger partial charge in [-0.2, -0.15) is 0 Å². The van der Waals surface area contributed by atoms with Gasteiger partial charge in [0.2, 0.25) is 5.75 Å². The Hall–Kier alpha value is -2.93. The number of ether oxygens (including phenoxy) is 3. The fourth-order valence-electron chi connectivity index (χ4n) is 2.07. The molecule has 0 aliphatic carbocycles. The maximum Gasteiger partial charge on any atom is 0.269 e. The van der Waals surface area contributed by atoms with Gasteiger partial charge in [-0.05, 0) is 36.4 Å². The third-order valence-electron chi connectivity index (χ3n) is 3.32. The second kappa shape index (κ2) is 8.25. The maximum atomic E-state index is 12.3. The number of hydrogen-bond donors (Lipinski definition) is 2. The first-order valence-corrected chi connectivity index (χ1v) is 7.54. The molecule has 0 radical (unpaired) electrons. The van der Waals surface area contributed by atoms with E-state index in [0.717, 1.165) is 0 Å². The predicted octanol–water partition coefficient (Wildman–Crippen LogP) is 2.44. The zero-order valence-electron chi connectivity index (χ0n) is 13.9. The summed E-state index contributed by atoms with van der Waals surface area (Å²) in [5, 5.41) is 0.512. The fourth-order valence-corrected chi connectivity index (χ4v) is 2.20. The van der Waals surface area contributed by atoms with Crippen LogP contribution in [-0.4, -0.2) is 33.1 Å². The van der Waals surface area contributed by atoms with Crippen LogP contribution in [0.3, 0.4) is 0 Å². The minimum atomic E-state index is -0.540. The van der Waals surface area contributed by atoms with Crippen LogP contribution in [0.4, 0.5) is 0 Å². The number of carbonyl (C=O) groups is 2. The molecule has 0 aromatic heterocycles. The van der Waals surface area contributed by atoms with E-state index in [2.05, 4.69) is 10.9 Å². The number of halogens is 1. The molecular weight excluding hydrogens is 348 g/mol. The van der Waals surface area contributed by atoms with Gasteiger partial charge in [0.1, 0.15) is 0 Å². The van der Waals surface area contributed by atoms with Gasteiger partial charge in [0.05, 0.1) is 21.3 Å². The highest BCUT2D eigenvalue weighted by atomic mass is 35.5. The topological polar surface area (TPSA) is 85.9 Å². The summed E-state index contributed by atoms with van der Waals surface area (Å²) >= 11 is 5.77. The van der Waals surface area contributed by atoms with Gasteiger partial charge in [0.25, 0.3) is 11.8 Å². The second-order valence-electron chi connectivity index (χ2n) is 4.83. The van der Waals surface area contributed by atoms with Crippen LogP contribution in [0.15, 0.2) is 36.4 Å². The van der Waals surface area contributed by atoms with Crippen molar-refractivity contribution in [1.29, 1.82) is 0 Å². The van der Waals surface area contributed by atoms with E-state index in [-0.39, 0.29) is 5.56 Å². The van der Waals surface area contributed by atoms with Gasteiger partial charge in [-0.25, -0.2) is 0 Å². The van der Waals surface area contributed by atoms with Gasteiger partial charge in [-0.1, -0.05) is 11.6 Å². The predicted molar refractivity (Wildman–Crippen MR) is 92.5 cm³/mol. The molecule has 2 N–H and O–H groups in total. The number of rotatable bonds is 5. The highest BCUT2D eigenvalue weighted by molar-refractivity contribution is 6.30. The van der Waals surface area contributed by atoms with Crippen LogP contribution in [-0.2, 0) is 0 Å². The molecule has 25 heavy (non-hydrogen) atoms. The lowest BCUT2D eigenvalue weighted by Crippen LogP contribution is -2.41. The smallest absolute Gasteiger partial charge is 0.269 e. The molecule has 0 bridgehead atoms. The van der Waals surface area contributed by atoms with Crippen LogP contribution < -0.4 is 25.1 Å². The number of amides is 2. The van der Waals surface area contributed by atoms with Gasteiger partial charge >= 0.3 is 0 Å². The molecule has 2 aromatic rings. The summed E-state index contributed by atoms with van der Waals surface area (Å²) in [5.41, 5.74) is 5.24. The highest BCUT2D eigenvalue weighted by Crippen LogP contribution is 2.38. The van der Waals surface area contributed by atoms with Crippen molar-refractivity contribution < 1.29 is 23.8 Å². The number of hydrogen-bond acceptors (Lipinski definition) is 5. The summed E-state index contributed by atoms with van der Waals surface area (Å²) < 4.78 is 15.6. The van der Waals surface area contributed by atoms with Crippen molar-refractivity contribution >= 4 is 23.4 Å². The van der Waals surface area contributed by atoms with Crippen LogP contribution in [0.1, 0.15) is 20.7 Å². The number of hydrazine groups is 1. The molecule has 0 aliphatic heterocycles. The first-order chi connectivity index (χ1) is 12.0. The average molecular weight is 365 g/mol. The number of carbonyl (C=O) groups excluding carboxylic acids is 2. The molecule has 0 atom stereocenters. The summed E-state index contributed by atoms with van der Waals surface area (Å²) in [5.74, 6) is 0.0119. The highest BCUT2D eigenvalue weighted by Gasteiger charge is 2.17. The lowest BCUT2D eigenvalue weighted by Gasteiger charge is -2.14. The molecule has 8 heteroatoms. The first-order valence-electron chi connectivity index (χ1n) is 7.16. The second-order valence-corrected chi connectivity index (χ2v) is 5.27. The van der Waals surface area contributed by atoms with Crippen molar-refractivity contribution in [3.63, 3.8) is 0 Å². The van der Waals surface area contributed by atoms with Crippen LogP contribution in [0.25, 0.3) is 0 Å². The van der Waals surface area contributed by atoms with Crippen LogP contribution >= 0.6 is 11.6 Å². The Labute approximate surface area is 149 Å². The minimum absolute atomic E-state index is 0.228. The molecule has 0 fully saturated rings. The molecular formula is C17H17ClN2O5. The Kier molecular flexibility index (Phi) is 6.08. The van der Waals surface area contributed by atoms with Crippen molar-refractivity contribution in [3.05, 3.63) is 52.5 Å². The molecule has 0 saturated heterocycles. The molecule has 2 aromatic carbocycles. The summed E-state index contributed by atoms with van der Waals surface area (Å²) in [7, 11) is 4.36. The van der Waals surface area contributed by atoms with Crippen molar-refractivity contribution in [2.24, 2.45) is 0 Å². The lowest BCUT2D eigenvalue weighted by atomic mass is 10.1. The minimum Gasteiger partial charge on any atom is -0.493 e. The van der Waals surface area contributed by atoms with Gasteiger partial charge in [-0.15, -0.1) is 0 Å². The standard InChI is InChI=1S/C17H17ClN2O5/c1-23-13-8-11(9-14(24-2)15(13)25-3)17(22)20-19-16(21)10-4-6-12(18)7-5-10/h4-9H,1-3H3,(H,19,21)(H,20,22). The quantitative estimate of drug-likeness (QED) is 0.796. The van der Waals surface area contributed by atoms with E-state index in [4.69, 9.17) is 25.8 Å². The van der Waals surface area contributed by atoms with Crippen LogP contribution in [0.5, 0.6) is 17.2 Å². The van der Waals surface area contributed by atoms with E-state index in [9.17, 15) is 9.59 Å². The number of nitrogens with one attached hydrogen (secondary N) is 2. The van der Waals surface area contributed by atoms with E-state index < -0.39 is 11.8 Å². The van der Waals surface area contributed by atoms with E-state index in [1.54, 1.807) is 24.3 Å². The van der Waals surface area contributed by atoms with Crippen molar-refractivity contribution in [2.45, 2.75) is 0 Å². The van der Waals surface area contributed by atoms with Crippen LogP contribution in [0, 0.1) is 0 Å². The zero-order chi connectivity index (χ0) is 18.4. The Morgan fingerprint density at radius 1 is 0.800 bits per heavy atom. The Morgan fingerprint density at radius 3 is 1.72 bits per heavy atom. The van der Waals surface area contributed by atoms with E-state index in [1.807, 2.05) is 0 Å². The lowest BCUT2D eigenvalue weighted by molar-refractivity contribution is 0.0846. The Balaban J connectivity index is 2.12. The summed E-state index contributed by atoms with van der Waals surface area (Å²) in [6.45, 7) is 0.